The molecule has 2 atom stereocenters. The van der Waals surface area contributed by atoms with Gasteiger partial charge in [-0.3, -0.25) is 0 Å². The first-order valence-electron chi connectivity index (χ1n) is 21.2. The minimum absolute atomic E-state index is 0.0295. The number of anilines is 8. The Bertz CT molecular complexity index is 2910. The van der Waals surface area contributed by atoms with E-state index >= 15 is 0 Å². The van der Waals surface area contributed by atoms with Crippen molar-refractivity contribution in [3.8, 4) is 22.3 Å². The van der Waals surface area contributed by atoms with Crippen LogP contribution in [0, 0.1) is 0 Å². The lowest BCUT2D eigenvalue weighted by atomic mass is 9.33. The van der Waals surface area contributed by atoms with Gasteiger partial charge in [0.15, 0.2) is 0 Å². The summed E-state index contributed by atoms with van der Waals surface area (Å²) in [5, 5.41) is 0. The molecule has 0 radical (unpaired) electrons. The number of para-hydroxylation sites is 3. The molecule has 0 bridgehead atoms. The fraction of sp³-hybridized carbons (Fsp3) is 0.127. The van der Waals surface area contributed by atoms with Gasteiger partial charge in [-0.15, -0.1) is 0 Å². The van der Waals surface area contributed by atoms with Crippen molar-refractivity contribution in [1.29, 1.82) is 0 Å². The van der Waals surface area contributed by atoms with E-state index in [-0.39, 0.29) is 17.7 Å². The van der Waals surface area contributed by atoms with Crippen molar-refractivity contribution in [1.82, 2.24) is 0 Å². The minimum atomic E-state index is -0.0689. The fourth-order valence-corrected chi connectivity index (χ4v) is 11.4. The van der Waals surface area contributed by atoms with Gasteiger partial charge in [0.1, 0.15) is 0 Å². The third-order valence-corrected chi connectivity index (χ3v) is 14.3. The normalized spacial score (nSPS) is 19.5. The lowest BCUT2D eigenvalue weighted by Gasteiger charge is -2.47. The Morgan fingerprint density at radius 2 is 0.932 bits per heavy atom. The van der Waals surface area contributed by atoms with E-state index in [1.807, 2.05) is 0 Å². The molecule has 0 amide bonds. The van der Waals surface area contributed by atoms with Gasteiger partial charge < -0.3 is 14.7 Å². The predicted octanol–water partition coefficient (Wildman–Crippen LogP) is 12.5. The largest absolute Gasteiger partial charge is 0.334 e. The van der Waals surface area contributed by atoms with E-state index in [2.05, 4.69) is 223 Å². The maximum atomic E-state index is 2.73. The Morgan fingerprint density at radius 1 is 0.407 bits per heavy atom. The summed E-state index contributed by atoms with van der Waals surface area (Å²) in [4.78, 5) is 7.83. The summed E-state index contributed by atoms with van der Waals surface area (Å²) in [5.41, 5.74) is 20.2. The summed E-state index contributed by atoms with van der Waals surface area (Å²) in [5.74, 6) is 0. The maximum absolute atomic E-state index is 2.73. The number of rotatable bonds is 5. The van der Waals surface area contributed by atoms with Crippen molar-refractivity contribution >= 4 is 68.6 Å². The lowest BCUT2D eigenvalue weighted by molar-refractivity contribution is 0.330. The number of hydrogen-bond acceptors (Lipinski definition) is 3. The molecule has 8 aromatic rings. The Hall–Kier alpha value is -6.78. The molecule has 1 fully saturated rings. The molecule has 1 saturated carbocycles. The average Bonchev–Trinajstić information content (AvgIpc) is 3.70. The second kappa shape index (κ2) is 12.9. The van der Waals surface area contributed by atoms with Crippen molar-refractivity contribution < 1.29 is 0 Å². The zero-order valence-electron chi connectivity index (χ0n) is 33.5. The molecular weight excluding hydrogens is 713 g/mol. The third-order valence-electron chi connectivity index (χ3n) is 14.3. The van der Waals surface area contributed by atoms with Crippen LogP contribution in [0.15, 0.2) is 194 Å². The molecule has 0 N–H and O–H groups in total. The highest BCUT2D eigenvalue weighted by atomic mass is 15.3. The molecule has 4 heteroatoms. The van der Waals surface area contributed by atoms with Gasteiger partial charge in [-0.05, 0) is 119 Å². The molecule has 2 unspecified atom stereocenters. The number of fused-ring (bicyclic) bond motifs is 7. The Labute approximate surface area is 347 Å². The van der Waals surface area contributed by atoms with Gasteiger partial charge in [0.2, 0.25) is 0 Å². The molecule has 0 aromatic heterocycles. The molecule has 3 nitrogen and oxygen atoms in total. The van der Waals surface area contributed by atoms with E-state index in [4.69, 9.17) is 0 Å². The smallest absolute Gasteiger partial charge is 0.252 e. The second-order valence-corrected chi connectivity index (χ2v) is 17.3. The van der Waals surface area contributed by atoms with Crippen molar-refractivity contribution in [2.45, 2.75) is 44.1 Å². The van der Waals surface area contributed by atoms with Crippen LogP contribution >= 0.6 is 0 Å². The second-order valence-electron chi connectivity index (χ2n) is 17.3. The standard InChI is InChI=1S/C55H44BN3/c1-54-33-16-34-55(54,2)59(48-25-14-12-23-45(48)54)44-36-51-53-52(37-44)58(43-30-27-40(28-31-43)38-17-6-3-7-18-38)50-32-29-41(39-19-8-4-9-20-39)35-47(50)56(53)46-24-13-15-26-49(46)57(51)42-21-10-5-11-22-42/h3-15,17-32,35-37H,16,33-34H2,1-2H3. The molecule has 12 rings (SSSR count). The van der Waals surface area contributed by atoms with Gasteiger partial charge in [0, 0.05) is 50.9 Å². The van der Waals surface area contributed by atoms with Gasteiger partial charge >= 0.3 is 0 Å². The summed E-state index contributed by atoms with van der Waals surface area (Å²) in [6.07, 6.45) is 3.56. The first kappa shape index (κ1) is 34.3. The average molecular weight is 758 g/mol. The van der Waals surface area contributed by atoms with Gasteiger partial charge in [0.25, 0.3) is 6.71 Å². The molecule has 4 aliphatic rings. The van der Waals surface area contributed by atoms with Crippen LogP contribution in [-0.4, -0.2) is 12.3 Å². The molecule has 8 aromatic carbocycles. The van der Waals surface area contributed by atoms with Crippen molar-refractivity contribution in [3.63, 3.8) is 0 Å². The first-order chi connectivity index (χ1) is 29.0. The molecule has 3 aliphatic heterocycles. The van der Waals surface area contributed by atoms with Crippen LogP contribution in [0.5, 0.6) is 0 Å². The molecular formula is C55H44BN3. The van der Waals surface area contributed by atoms with E-state index in [1.165, 1.54) is 96.9 Å². The quantitative estimate of drug-likeness (QED) is 0.162. The van der Waals surface area contributed by atoms with Crippen LogP contribution in [0.3, 0.4) is 0 Å². The third kappa shape index (κ3) is 4.90. The molecule has 282 valence electrons. The van der Waals surface area contributed by atoms with Crippen LogP contribution in [0.2, 0.25) is 0 Å². The highest BCUT2D eigenvalue weighted by molar-refractivity contribution is 7.00. The highest BCUT2D eigenvalue weighted by Crippen LogP contribution is 2.63. The van der Waals surface area contributed by atoms with E-state index in [0.717, 1.165) is 12.1 Å². The Kier molecular flexibility index (Phi) is 7.47. The van der Waals surface area contributed by atoms with Gasteiger partial charge in [0.05, 0.1) is 5.54 Å². The Balaban J connectivity index is 1.17. The maximum Gasteiger partial charge on any atom is 0.252 e. The molecule has 0 spiro atoms. The summed E-state index contributed by atoms with van der Waals surface area (Å²) < 4.78 is 0. The first-order valence-corrected chi connectivity index (χ1v) is 21.2. The topological polar surface area (TPSA) is 9.72 Å². The lowest BCUT2D eigenvalue weighted by Crippen LogP contribution is -2.61. The van der Waals surface area contributed by atoms with E-state index < -0.39 is 0 Å². The fourth-order valence-electron chi connectivity index (χ4n) is 11.4. The van der Waals surface area contributed by atoms with E-state index in [1.54, 1.807) is 0 Å². The summed E-state index contributed by atoms with van der Waals surface area (Å²) in [6, 6.07) is 72.4. The molecule has 0 saturated heterocycles. The zero-order valence-corrected chi connectivity index (χ0v) is 33.5. The number of hydrogen-bond donors (Lipinski definition) is 0. The summed E-state index contributed by atoms with van der Waals surface area (Å²) in [7, 11) is 0. The SMILES string of the molecule is CC12CCCC1(C)N(c1cc3c4c(c1)N(c1ccc(-c5ccccc5)cc1)c1ccc(-c5ccccc5)cc1B4c1ccccc1N3c1ccccc1)c1ccccc12. The zero-order chi connectivity index (χ0) is 39.3. The van der Waals surface area contributed by atoms with Crippen molar-refractivity contribution in [2.75, 3.05) is 14.7 Å². The van der Waals surface area contributed by atoms with E-state index in [0.29, 0.717) is 0 Å². The monoisotopic (exact) mass is 757 g/mol. The van der Waals surface area contributed by atoms with Crippen LogP contribution in [0.4, 0.5) is 45.5 Å². The highest BCUT2D eigenvalue weighted by Gasteiger charge is 2.59. The molecule has 1 aliphatic carbocycles. The van der Waals surface area contributed by atoms with Crippen molar-refractivity contribution in [2.24, 2.45) is 0 Å². The number of benzene rings is 8. The molecule has 59 heavy (non-hydrogen) atoms. The summed E-state index contributed by atoms with van der Waals surface area (Å²) in [6.45, 7) is 5.07. The minimum Gasteiger partial charge on any atom is -0.334 e. The van der Waals surface area contributed by atoms with Crippen LogP contribution in [0.1, 0.15) is 38.7 Å². The molecule has 3 heterocycles. The summed E-state index contributed by atoms with van der Waals surface area (Å²) >= 11 is 0. The van der Waals surface area contributed by atoms with Gasteiger partial charge in [-0.2, -0.15) is 0 Å². The van der Waals surface area contributed by atoms with Crippen molar-refractivity contribution in [3.05, 3.63) is 200 Å². The van der Waals surface area contributed by atoms with Gasteiger partial charge in [-0.1, -0.05) is 153 Å². The van der Waals surface area contributed by atoms with Gasteiger partial charge in [-0.25, -0.2) is 0 Å². The van der Waals surface area contributed by atoms with E-state index in [9.17, 15) is 0 Å². The van der Waals surface area contributed by atoms with Crippen LogP contribution < -0.4 is 31.1 Å². The predicted molar refractivity (Wildman–Crippen MR) is 250 cm³/mol. The Morgan fingerprint density at radius 3 is 1.63 bits per heavy atom. The number of nitrogens with zero attached hydrogens (tertiary/aromatic N) is 3. The van der Waals surface area contributed by atoms with Crippen LogP contribution in [0.25, 0.3) is 22.3 Å². The van der Waals surface area contributed by atoms with Crippen LogP contribution in [-0.2, 0) is 5.41 Å².